The highest BCUT2D eigenvalue weighted by Gasteiger charge is 2.34. The predicted octanol–water partition coefficient (Wildman–Crippen LogP) is -6.74. The van der Waals surface area contributed by atoms with Crippen molar-refractivity contribution in [2.75, 3.05) is 127 Å². The molecule has 7 N–H and O–H groups in total. The van der Waals surface area contributed by atoms with Crippen LogP contribution in [0.5, 0.6) is 0 Å². The minimum atomic E-state index is -0.490. The van der Waals surface area contributed by atoms with Gasteiger partial charge in [-0.3, -0.25) is 26.0 Å². The number of guanidine groups is 1. The van der Waals surface area contributed by atoms with Crippen molar-refractivity contribution in [1.82, 2.24) is 54.7 Å². The molecule has 23 nitrogen and oxygen atoms in total. The molecule has 2 aliphatic rings. The number of nitrogens with two attached hydrogens (primary N) is 2. The maximum absolute atomic E-state index is 14.1. The molecule has 0 spiro atoms. The summed E-state index contributed by atoms with van der Waals surface area (Å²) in [7, 11) is 0. The SMILES string of the molecule is C#CCOCCOCCOCCNc1nc(N2CCN(C(=O)Cn3cc(CCO)nn3)CC2)nc(N2CCN(C(=O)C(C(C)CC)n3cc(CCC[NH+]=C(N)N)nn3)CC2)n1.[Cl-]. The number of rotatable bonds is 25. The third-order valence-corrected chi connectivity index (χ3v) is 10.3. The molecule has 2 amide bonds. The van der Waals surface area contributed by atoms with E-state index < -0.39 is 6.04 Å². The van der Waals surface area contributed by atoms with Crippen molar-refractivity contribution in [1.29, 1.82) is 0 Å². The number of halogens is 1. The molecule has 24 heteroatoms. The number of terminal acetylenes is 1. The molecule has 2 unspecified atom stereocenters. The summed E-state index contributed by atoms with van der Waals surface area (Å²) >= 11 is 0. The number of ether oxygens (including phenoxy) is 3. The summed E-state index contributed by atoms with van der Waals surface area (Å²) in [5, 5.41) is 29.2. The molecule has 5 rings (SSSR count). The quantitative estimate of drug-likeness (QED) is 0.0229. The monoisotopic (exact) mass is 887 g/mol. The highest BCUT2D eigenvalue weighted by molar-refractivity contribution is 5.81. The Kier molecular flexibility index (Phi) is 20.8. The van der Waals surface area contributed by atoms with Crippen LogP contribution in [0.15, 0.2) is 12.4 Å². The van der Waals surface area contributed by atoms with Crippen molar-refractivity contribution in [3.8, 4) is 12.3 Å². The number of aliphatic hydroxyl groups is 1. The molecule has 2 saturated heterocycles. The molecule has 0 aliphatic carbocycles. The lowest BCUT2D eigenvalue weighted by atomic mass is 9.97. The summed E-state index contributed by atoms with van der Waals surface area (Å²) < 4.78 is 19.6. The Morgan fingerprint density at radius 3 is 2.11 bits per heavy atom. The minimum Gasteiger partial charge on any atom is -1.00 e. The van der Waals surface area contributed by atoms with E-state index in [0.29, 0.717) is 135 Å². The van der Waals surface area contributed by atoms with Crippen LogP contribution in [0.1, 0.15) is 44.1 Å². The van der Waals surface area contributed by atoms with Crippen molar-refractivity contribution in [3.05, 3.63) is 23.8 Å². The van der Waals surface area contributed by atoms with E-state index in [-0.39, 0.29) is 55.9 Å². The second-order valence-electron chi connectivity index (χ2n) is 14.7. The van der Waals surface area contributed by atoms with E-state index in [0.717, 1.165) is 18.5 Å². The normalized spacial score (nSPS) is 15.1. The lowest BCUT2D eigenvalue weighted by molar-refractivity contribution is -0.459. The van der Waals surface area contributed by atoms with Crippen molar-refractivity contribution < 1.29 is 46.3 Å². The van der Waals surface area contributed by atoms with Gasteiger partial charge in [0.15, 0.2) is 0 Å². The smallest absolute Gasteiger partial charge is 0.338 e. The van der Waals surface area contributed by atoms with Crippen molar-refractivity contribution >= 4 is 35.6 Å². The van der Waals surface area contributed by atoms with Gasteiger partial charge in [-0.05, 0) is 18.8 Å². The highest BCUT2D eigenvalue weighted by Crippen LogP contribution is 2.25. The largest absolute Gasteiger partial charge is 1.00 e. The summed E-state index contributed by atoms with van der Waals surface area (Å²) in [6.07, 6.45) is 11.3. The molecule has 0 radical (unpaired) electrons. The van der Waals surface area contributed by atoms with Gasteiger partial charge in [0, 0.05) is 84.3 Å². The first kappa shape index (κ1) is 49.2. The van der Waals surface area contributed by atoms with Crippen LogP contribution in [0, 0.1) is 18.3 Å². The first-order valence-electron chi connectivity index (χ1n) is 20.9. The molecule has 342 valence electrons. The van der Waals surface area contributed by atoms with Crippen LogP contribution in [-0.4, -0.2) is 189 Å². The van der Waals surface area contributed by atoms with Crippen LogP contribution in [-0.2, 0) is 43.2 Å². The summed E-state index contributed by atoms with van der Waals surface area (Å²) in [5.41, 5.74) is 12.4. The van der Waals surface area contributed by atoms with Gasteiger partial charge >= 0.3 is 5.96 Å². The van der Waals surface area contributed by atoms with E-state index in [1.165, 1.54) is 4.68 Å². The lowest BCUT2D eigenvalue weighted by Crippen LogP contribution is -3.00. The van der Waals surface area contributed by atoms with Crippen LogP contribution in [0.4, 0.5) is 17.8 Å². The highest BCUT2D eigenvalue weighted by atomic mass is 35.5. The number of piperazine rings is 2. The summed E-state index contributed by atoms with van der Waals surface area (Å²) in [6.45, 7) is 11.5. The number of hydrogen-bond donors (Lipinski definition) is 5. The number of amides is 2. The Morgan fingerprint density at radius 2 is 1.48 bits per heavy atom. The number of hydrogen-bond acceptors (Lipinski definition) is 16. The van der Waals surface area contributed by atoms with Crippen molar-refractivity contribution in [2.24, 2.45) is 17.4 Å². The summed E-state index contributed by atoms with van der Waals surface area (Å²) in [4.78, 5) is 52.4. The Balaban J connectivity index is 0.00000845. The molecular weight excluding hydrogens is 826 g/mol. The maximum atomic E-state index is 14.1. The number of aliphatic hydroxyl groups excluding tert-OH is 1. The van der Waals surface area contributed by atoms with E-state index in [2.05, 4.69) is 55.6 Å². The zero-order valence-corrected chi connectivity index (χ0v) is 36.5. The van der Waals surface area contributed by atoms with Gasteiger partial charge in [0.25, 0.3) is 0 Å². The van der Waals surface area contributed by atoms with Crippen LogP contribution in [0.25, 0.3) is 0 Å². The fraction of sp³-hybridized carbons (Fsp3) is 0.684. The molecule has 2 fully saturated rings. The van der Waals surface area contributed by atoms with Gasteiger partial charge in [-0.25, -0.2) is 9.36 Å². The minimum absolute atomic E-state index is 0. The molecule has 2 atom stereocenters. The fourth-order valence-electron chi connectivity index (χ4n) is 6.78. The Hall–Kier alpha value is -5.41. The second kappa shape index (κ2) is 26.2. The maximum Gasteiger partial charge on any atom is 0.338 e. The van der Waals surface area contributed by atoms with E-state index in [9.17, 15) is 14.7 Å². The molecular formula is C38H62ClN17O6. The predicted molar refractivity (Wildman–Crippen MR) is 224 cm³/mol. The lowest BCUT2D eigenvalue weighted by Gasteiger charge is -2.38. The van der Waals surface area contributed by atoms with Gasteiger partial charge in [0.2, 0.25) is 29.7 Å². The second-order valence-corrected chi connectivity index (χ2v) is 14.7. The third kappa shape index (κ3) is 15.2. The molecule has 2 aliphatic heterocycles. The Bertz CT molecular complexity index is 1870. The van der Waals surface area contributed by atoms with E-state index >= 15 is 0 Å². The van der Waals surface area contributed by atoms with Crippen LogP contribution in [0.3, 0.4) is 0 Å². The van der Waals surface area contributed by atoms with E-state index in [1.807, 2.05) is 16.0 Å². The zero-order valence-electron chi connectivity index (χ0n) is 35.8. The van der Waals surface area contributed by atoms with Crippen LogP contribution < -0.4 is 44.0 Å². The molecule has 0 saturated carbocycles. The standard InChI is InChI=1S/C38H61N17O6.ClH/c1-4-20-59-22-24-61-25-23-60-21-10-42-36-43-37(52-15-11-50(12-16-52)32(57)28-54-26-31(8-19-56)46-48-54)45-38(44-36)53-17-13-51(14-18-53)34(58)33(29(3)5-2)55-27-30(47-49-55)7-6-9-41-35(39)40;/h1,26-27,29,33,56H,5-25,28H2,2-3H3,(H4,39,40,41)(H,42,43,44,45);1H. The average molecular weight is 888 g/mol. The third-order valence-electron chi connectivity index (χ3n) is 10.3. The van der Waals surface area contributed by atoms with Crippen LogP contribution >= 0.6 is 0 Å². The number of carbonyl (C=O) groups is 2. The van der Waals surface area contributed by atoms with Crippen molar-refractivity contribution in [3.63, 3.8) is 0 Å². The molecule has 0 bridgehead atoms. The van der Waals surface area contributed by atoms with Gasteiger partial charge in [-0.1, -0.05) is 36.6 Å². The van der Waals surface area contributed by atoms with Gasteiger partial charge in [0.05, 0.1) is 51.0 Å². The zero-order chi connectivity index (χ0) is 43.4. The van der Waals surface area contributed by atoms with Crippen molar-refractivity contribution in [2.45, 2.75) is 52.1 Å². The molecule has 0 aromatic carbocycles. The Labute approximate surface area is 368 Å². The first-order chi connectivity index (χ1) is 29.7. The Morgan fingerprint density at radius 1 is 0.871 bits per heavy atom. The van der Waals surface area contributed by atoms with Gasteiger partial charge in [-0.15, -0.1) is 16.6 Å². The first-order valence-corrected chi connectivity index (χ1v) is 20.9. The summed E-state index contributed by atoms with van der Waals surface area (Å²) in [5.74, 6) is 3.93. The molecule has 62 heavy (non-hydrogen) atoms. The summed E-state index contributed by atoms with van der Waals surface area (Å²) in [6, 6.07) is -0.490. The fourth-order valence-corrected chi connectivity index (χ4v) is 6.78. The molecule has 5 heterocycles. The number of carbonyl (C=O) groups excluding carboxylic acids is 2. The van der Waals surface area contributed by atoms with E-state index in [4.69, 9.17) is 47.1 Å². The number of anilines is 3. The number of aryl methyl sites for hydroxylation is 1. The van der Waals surface area contributed by atoms with Crippen LogP contribution in [0.2, 0.25) is 0 Å². The van der Waals surface area contributed by atoms with Gasteiger partial charge in [-0.2, -0.15) is 15.0 Å². The van der Waals surface area contributed by atoms with Gasteiger partial charge in [0.1, 0.15) is 19.2 Å². The number of aromatic nitrogens is 9. The topological polar surface area (TPSA) is 273 Å². The number of nitrogens with zero attached hydrogens (tertiary/aromatic N) is 13. The molecule has 3 aromatic heterocycles. The van der Waals surface area contributed by atoms with E-state index in [1.54, 1.807) is 15.8 Å². The average Bonchev–Trinajstić information content (AvgIpc) is 3.93. The van der Waals surface area contributed by atoms with Gasteiger partial charge < -0.3 is 56.6 Å². The number of nitrogens with one attached hydrogen (secondary N) is 2. The molecule has 3 aromatic rings.